The molecule has 0 bridgehead atoms. The first-order chi connectivity index (χ1) is 12.0. The largest absolute Gasteiger partial charge is 0.339 e. The highest BCUT2D eigenvalue weighted by Gasteiger charge is 2.35. The molecule has 0 saturated carbocycles. The molecule has 7 heteroatoms. The predicted octanol–water partition coefficient (Wildman–Crippen LogP) is 0.735. The van der Waals surface area contributed by atoms with Crippen LogP contribution in [0, 0.1) is 6.92 Å². The summed E-state index contributed by atoms with van der Waals surface area (Å²) in [6.07, 6.45) is 6.17. The molecule has 0 aliphatic carbocycles. The number of piperazine rings is 1. The molecule has 7 nitrogen and oxygen atoms in total. The average Bonchev–Trinajstić information content (AvgIpc) is 3.23. The zero-order valence-electron chi connectivity index (χ0n) is 15.5. The summed E-state index contributed by atoms with van der Waals surface area (Å²) in [4.78, 5) is 30.4. The van der Waals surface area contributed by atoms with Gasteiger partial charge in [-0.25, -0.2) is 0 Å². The fraction of sp³-hybridized carbons (Fsp3) is 0.722. The number of aromatic nitrogens is 2. The Balaban J connectivity index is 1.58. The Morgan fingerprint density at radius 3 is 2.48 bits per heavy atom. The van der Waals surface area contributed by atoms with Gasteiger partial charge >= 0.3 is 0 Å². The van der Waals surface area contributed by atoms with E-state index in [9.17, 15) is 9.59 Å². The van der Waals surface area contributed by atoms with E-state index in [1.165, 1.54) is 0 Å². The maximum atomic E-state index is 12.9. The van der Waals surface area contributed by atoms with Gasteiger partial charge in [-0.05, 0) is 38.8 Å². The third kappa shape index (κ3) is 4.03. The molecule has 2 amide bonds. The molecule has 3 heterocycles. The van der Waals surface area contributed by atoms with Crippen molar-refractivity contribution >= 4 is 11.8 Å². The molecule has 2 aliphatic heterocycles. The Morgan fingerprint density at radius 1 is 1.20 bits per heavy atom. The van der Waals surface area contributed by atoms with Gasteiger partial charge in [-0.15, -0.1) is 0 Å². The van der Waals surface area contributed by atoms with Gasteiger partial charge in [0.2, 0.25) is 11.8 Å². The highest BCUT2D eigenvalue weighted by molar-refractivity contribution is 5.82. The van der Waals surface area contributed by atoms with Gasteiger partial charge in [-0.3, -0.25) is 19.2 Å². The van der Waals surface area contributed by atoms with E-state index >= 15 is 0 Å². The van der Waals surface area contributed by atoms with Crippen LogP contribution in [0.5, 0.6) is 0 Å². The number of hydrogen-bond acceptors (Lipinski definition) is 4. The lowest BCUT2D eigenvalue weighted by atomic mass is 10.1. The van der Waals surface area contributed by atoms with Crippen molar-refractivity contribution in [2.45, 2.75) is 52.2 Å². The van der Waals surface area contributed by atoms with Crippen LogP contribution in [-0.2, 0) is 16.1 Å². The summed E-state index contributed by atoms with van der Waals surface area (Å²) < 4.78 is 1.99. The van der Waals surface area contributed by atoms with Crippen molar-refractivity contribution < 1.29 is 9.59 Å². The first kappa shape index (κ1) is 17.9. The van der Waals surface area contributed by atoms with Gasteiger partial charge in [-0.1, -0.05) is 0 Å². The predicted molar refractivity (Wildman–Crippen MR) is 95.0 cm³/mol. The number of aryl methyl sites for hydroxylation is 1. The SMILES string of the molecule is CC(=O)N1CCN(C(=O)[C@H](C)N2CCC[C@@H]2Cn2cc(C)cn2)CC1. The summed E-state index contributed by atoms with van der Waals surface area (Å²) in [6.45, 7) is 10.0. The molecule has 2 fully saturated rings. The Labute approximate surface area is 149 Å². The van der Waals surface area contributed by atoms with Crippen LogP contribution < -0.4 is 0 Å². The number of amides is 2. The van der Waals surface area contributed by atoms with E-state index < -0.39 is 0 Å². The monoisotopic (exact) mass is 347 g/mol. The highest BCUT2D eigenvalue weighted by Crippen LogP contribution is 2.23. The summed E-state index contributed by atoms with van der Waals surface area (Å²) in [5, 5.41) is 4.39. The second-order valence-electron chi connectivity index (χ2n) is 7.28. The quantitative estimate of drug-likeness (QED) is 0.806. The van der Waals surface area contributed by atoms with Gasteiger partial charge in [0.1, 0.15) is 0 Å². The summed E-state index contributed by atoms with van der Waals surface area (Å²) in [5.41, 5.74) is 1.16. The summed E-state index contributed by atoms with van der Waals surface area (Å²) in [6, 6.07) is 0.241. The van der Waals surface area contributed by atoms with Gasteiger partial charge in [0.25, 0.3) is 0 Å². The minimum absolute atomic E-state index is 0.0919. The third-order valence-corrected chi connectivity index (χ3v) is 5.47. The van der Waals surface area contributed by atoms with Crippen LogP contribution in [0.15, 0.2) is 12.4 Å². The van der Waals surface area contributed by atoms with Crippen molar-refractivity contribution in [2.75, 3.05) is 32.7 Å². The van der Waals surface area contributed by atoms with Crippen molar-refractivity contribution in [2.24, 2.45) is 0 Å². The van der Waals surface area contributed by atoms with Gasteiger partial charge in [0.15, 0.2) is 0 Å². The molecule has 0 radical (unpaired) electrons. The zero-order valence-corrected chi connectivity index (χ0v) is 15.5. The molecular weight excluding hydrogens is 318 g/mol. The fourth-order valence-corrected chi connectivity index (χ4v) is 3.99. The van der Waals surface area contributed by atoms with E-state index in [-0.39, 0.29) is 17.9 Å². The molecule has 2 aliphatic rings. The van der Waals surface area contributed by atoms with Crippen molar-refractivity contribution in [3.8, 4) is 0 Å². The van der Waals surface area contributed by atoms with Crippen molar-refractivity contribution in [3.63, 3.8) is 0 Å². The third-order valence-electron chi connectivity index (χ3n) is 5.47. The molecular formula is C18H29N5O2. The van der Waals surface area contributed by atoms with E-state index in [2.05, 4.69) is 16.2 Å². The summed E-state index contributed by atoms with van der Waals surface area (Å²) >= 11 is 0. The zero-order chi connectivity index (χ0) is 18.0. The van der Waals surface area contributed by atoms with E-state index in [1.807, 2.05) is 34.5 Å². The van der Waals surface area contributed by atoms with Gasteiger partial charge in [-0.2, -0.15) is 5.10 Å². The van der Waals surface area contributed by atoms with E-state index in [0.29, 0.717) is 32.2 Å². The van der Waals surface area contributed by atoms with Gasteiger partial charge in [0.05, 0.1) is 18.8 Å². The van der Waals surface area contributed by atoms with E-state index in [0.717, 1.165) is 31.5 Å². The van der Waals surface area contributed by atoms with Crippen molar-refractivity contribution in [3.05, 3.63) is 18.0 Å². The lowest BCUT2D eigenvalue weighted by Gasteiger charge is -2.38. The van der Waals surface area contributed by atoms with Crippen LogP contribution in [0.3, 0.4) is 0 Å². The Bertz CT molecular complexity index is 621. The minimum atomic E-state index is -0.118. The Morgan fingerprint density at radius 2 is 1.88 bits per heavy atom. The fourth-order valence-electron chi connectivity index (χ4n) is 3.99. The number of rotatable bonds is 4. The van der Waals surface area contributed by atoms with Crippen LogP contribution in [0.25, 0.3) is 0 Å². The maximum absolute atomic E-state index is 12.9. The molecule has 25 heavy (non-hydrogen) atoms. The van der Waals surface area contributed by atoms with Gasteiger partial charge < -0.3 is 9.80 Å². The average molecular weight is 347 g/mol. The second kappa shape index (κ2) is 7.56. The number of hydrogen-bond donors (Lipinski definition) is 0. The van der Waals surface area contributed by atoms with Crippen molar-refractivity contribution in [1.82, 2.24) is 24.5 Å². The Kier molecular flexibility index (Phi) is 5.42. The molecule has 138 valence electrons. The van der Waals surface area contributed by atoms with E-state index in [1.54, 1.807) is 6.92 Å². The van der Waals surface area contributed by atoms with Gasteiger partial charge in [0, 0.05) is 45.3 Å². The first-order valence-electron chi connectivity index (χ1n) is 9.25. The molecule has 0 N–H and O–H groups in total. The summed E-state index contributed by atoms with van der Waals surface area (Å²) in [5.74, 6) is 0.279. The topological polar surface area (TPSA) is 61.7 Å². The molecule has 3 rings (SSSR count). The smallest absolute Gasteiger partial charge is 0.239 e. The lowest BCUT2D eigenvalue weighted by Crippen LogP contribution is -2.55. The molecule has 0 aromatic carbocycles. The van der Waals surface area contributed by atoms with Crippen molar-refractivity contribution in [1.29, 1.82) is 0 Å². The van der Waals surface area contributed by atoms with Crippen LogP contribution in [-0.4, -0.2) is 81.1 Å². The first-order valence-corrected chi connectivity index (χ1v) is 9.25. The molecule has 0 spiro atoms. The number of carbonyl (C=O) groups excluding carboxylic acids is 2. The molecule has 0 unspecified atom stereocenters. The van der Waals surface area contributed by atoms with Crippen LogP contribution in [0.2, 0.25) is 0 Å². The highest BCUT2D eigenvalue weighted by atomic mass is 16.2. The molecule has 1 aromatic heterocycles. The van der Waals surface area contributed by atoms with Crippen LogP contribution in [0.4, 0.5) is 0 Å². The maximum Gasteiger partial charge on any atom is 0.239 e. The number of likely N-dealkylation sites (tertiary alicyclic amines) is 1. The number of carbonyl (C=O) groups is 2. The summed E-state index contributed by atoms with van der Waals surface area (Å²) in [7, 11) is 0. The minimum Gasteiger partial charge on any atom is -0.339 e. The van der Waals surface area contributed by atoms with Crippen LogP contribution in [0.1, 0.15) is 32.3 Å². The second-order valence-corrected chi connectivity index (χ2v) is 7.28. The normalized spacial score (nSPS) is 23.1. The molecule has 2 atom stereocenters. The lowest BCUT2D eigenvalue weighted by molar-refractivity contribution is -0.142. The Hall–Kier alpha value is -1.89. The number of nitrogens with zero attached hydrogens (tertiary/aromatic N) is 5. The molecule has 1 aromatic rings. The van der Waals surface area contributed by atoms with E-state index in [4.69, 9.17) is 0 Å². The molecule has 2 saturated heterocycles. The van der Waals surface area contributed by atoms with Crippen LogP contribution >= 0.6 is 0 Å². The standard InChI is InChI=1S/C18H29N5O2/c1-14-11-19-22(12-14)13-17-5-4-6-23(17)15(2)18(25)21-9-7-20(8-10-21)16(3)24/h11-12,15,17H,4-10,13H2,1-3H3/t15-,17+/m0/s1.